The Morgan fingerprint density at radius 3 is 3.06 bits per heavy atom. The van der Waals surface area contributed by atoms with Crippen LogP contribution in [0.5, 0.6) is 5.75 Å². The number of allylic oxidation sites excluding steroid dienone is 1. The van der Waals surface area contributed by atoms with E-state index in [9.17, 15) is 4.79 Å². The summed E-state index contributed by atoms with van der Waals surface area (Å²) >= 11 is 5.97. The van der Waals surface area contributed by atoms with Gasteiger partial charge in [0.1, 0.15) is 17.4 Å². The van der Waals surface area contributed by atoms with E-state index in [-0.39, 0.29) is 17.6 Å². The van der Waals surface area contributed by atoms with E-state index in [1.165, 1.54) is 6.07 Å². The highest BCUT2D eigenvalue weighted by molar-refractivity contribution is 6.31. The van der Waals surface area contributed by atoms with Gasteiger partial charge in [-0.25, -0.2) is 4.79 Å². The number of carboxylic acid groups (broad SMARTS) is 1. The van der Waals surface area contributed by atoms with Crippen molar-refractivity contribution in [1.82, 2.24) is 0 Å². The molecule has 1 aromatic carbocycles. The lowest BCUT2D eigenvalue weighted by atomic mass is 9.87. The van der Waals surface area contributed by atoms with Gasteiger partial charge in [-0.3, -0.25) is 0 Å². The van der Waals surface area contributed by atoms with Crippen molar-refractivity contribution in [3.8, 4) is 5.75 Å². The lowest BCUT2D eigenvalue weighted by Gasteiger charge is -2.18. The van der Waals surface area contributed by atoms with E-state index < -0.39 is 5.97 Å². The fourth-order valence-corrected chi connectivity index (χ4v) is 2.80. The monoisotopic (exact) mass is 250 g/mol. The Morgan fingerprint density at radius 1 is 1.47 bits per heavy atom. The molecule has 17 heavy (non-hydrogen) atoms. The second-order valence-electron chi connectivity index (χ2n) is 4.37. The van der Waals surface area contributed by atoms with Gasteiger partial charge < -0.3 is 9.84 Å². The van der Waals surface area contributed by atoms with E-state index in [2.05, 4.69) is 6.08 Å². The Kier molecular flexibility index (Phi) is 2.37. The summed E-state index contributed by atoms with van der Waals surface area (Å²) in [4.78, 5) is 11.2. The summed E-state index contributed by atoms with van der Waals surface area (Å²) in [5.74, 6) is -0.262. The molecule has 0 saturated carbocycles. The van der Waals surface area contributed by atoms with Crippen LogP contribution < -0.4 is 4.74 Å². The molecule has 0 aromatic heterocycles. The molecule has 1 aliphatic carbocycles. The van der Waals surface area contributed by atoms with E-state index in [1.54, 1.807) is 0 Å². The number of aromatic carboxylic acids is 1. The first kappa shape index (κ1) is 10.7. The number of halogens is 1. The van der Waals surface area contributed by atoms with Crippen LogP contribution in [0.1, 0.15) is 34.7 Å². The molecule has 0 saturated heterocycles. The molecule has 0 amide bonds. The van der Waals surface area contributed by atoms with Crippen molar-refractivity contribution in [3.05, 3.63) is 40.4 Å². The molecule has 1 heterocycles. The van der Waals surface area contributed by atoms with Crippen LogP contribution in [0.2, 0.25) is 5.02 Å². The number of ether oxygens (including phenoxy) is 1. The molecule has 2 aliphatic rings. The minimum atomic E-state index is -0.994. The van der Waals surface area contributed by atoms with Crippen LogP contribution >= 0.6 is 11.6 Å². The van der Waals surface area contributed by atoms with Gasteiger partial charge >= 0.3 is 5.97 Å². The van der Waals surface area contributed by atoms with Crippen molar-refractivity contribution < 1.29 is 14.6 Å². The highest BCUT2D eigenvalue weighted by Crippen LogP contribution is 2.46. The summed E-state index contributed by atoms with van der Waals surface area (Å²) in [7, 11) is 0. The van der Waals surface area contributed by atoms with Gasteiger partial charge in [0.15, 0.2) is 0 Å². The van der Waals surface area contributed by atoms with E-state index in [0.29, 0.717) is 10.8 Å². The van der Waals surface area contributed by atoms with E-state index in [0.717, 1.165) is 18.4 Å². The number of rotatable bonds is 1. The maximum atomic E-state index is 11.2. The van der Waals surface area contributed by atoms with Crippen LogP contribution in [0.4, 0.5) is 0 Å². The molecule has 88 valence electrons. The van der Waals surface area contributed by atoms with E-state index in [1.807, 2.05) is 12.1 Å². The van der Waals surface area contributed by atoms with Crippen molar-refractivity contribution in [2.75, 3.05) is 0 Å². The van der Waals surface area contributed by atoms with Crippen molar-refractivity contribution in [2.24, 2.45) is 0 Å². The Bertz CT molecular complexity index is 522. The molecule has 0 fully saturated rings. The average Bonchev–Trinajstić information content (AvgIpc) is 2.66. The Morgan fingerprint density at radius 2 is 2.29 bits per heavy atom. The molecule has 0 unspecified atom stereocenters. The van der Waals surface area contributed by atoms with Gasteiger partial charge in [0.25, 0.3) is 0 Å². The van der Waals surface area contributed by atoms with Gasteiger partial charge in [0, 0.05) is 16.5 Å². The fraction of sp³-hybridized carbons (Fsp3) is 0.308. The van der Waals surface area contributed by atoms with Gasteiger partial charge in [0.2, 0.25) is 0 Å². The summed E-state index contributed by atoms with van der Waals surface area (Å²) in [5, 5.41) is 9.61. The van der Waals surface area contributed by atoms with Crippen molar-refractivity contribution in [2.45, 2.75) is 24.9 Å². The lowest BCUT2D eigenvalue weighted by molar-refractivity contribution is 0.0692. The lowest BCUT2D eigenvalue weighted by Crippen LogP contribution is -2.18. The Hall–Kier alpha value is -1.48. The van der Waals surface area contributed by atoms with E-state index in [4.69, 9.17) is 21.4 Å². The molecule has 4 heteroatoms. The van der Waals surface area contributed by atoms with Crippen molar-refractivity contribution in [3.63, 3.8) is 0 Å². The van der Waals surface area contributed by atoms with Gasteiger partial charge in [-0.2, -0.15) is 0 Å². The highest BCUT2D eigenvalue weighted by Gasteiger charge is 2.36. The number of hydrogen-bond acceptors (Lipinski definition) is 2. The summed E-state index contributed by atoms with van der Waals surface area (Å²) < 4.78 is 5.73. The van der Waals surface area contributed by atoms with Crippen LogP contribution in [0.15, 0.2) is 24.3 Å². The third-order valence-electron chi connectivity index (χ3n) is 3.33. The fourth-order valence-electron chi connectivity index (χ4n) is 2.58. The van der Waals surface area contributed by atoms with Crippen molar-refractivity contribution in [1.29, 1.82) is 0 Å². The zero-order chi connectivity index (χ0) is 12.0. The van der Waals surface area contributed by atoms with Crippen LogP contribution in [0.3, 0.4) is 0 Å². The molecular weight excluding hydrogens is 240 g/mol. The second kappa shape index (κ2) is 3.77. The first-order valence-electron chi connectivity index (χ1n) is 5.57. The van der Waals surface area contributed by atoms with Gasteiger partial charge in [-0.15, -0.1) is 0 Å². The van der Waals surface area contributed by atoms with Gasteiger partial charge in [-0.1, -0.05) is 17.7 Å². The predicted octanol–water partition coefficient (Wildman–Crippen LogP) is 3.23. The largest absolute Gasteiger partial charge is 0.485 e. The van der Waals surface area contributed by atoms with Crippen LogP contribution in [-0.4, -0.2) is 17.2 Å². The molecule has 1 N–H and O–H groups in total. The number of fused-ring (bicyclic) bond motifs is 3. The SMILES string of the molecule is O=C(O)c1cc(Cl)cc2c1O[C@H]1C=CCC[C@@H]21. The van der Waals surface area contributed by atoms with Crippen LogP contribution in [0, 0.1) is 0 Å². The summed E-state index contributed by atoms with van der Waals surface area (Å²) in [6, 6.07) is 3.27. The molecule has 1 aromatic rings. The zero-order valence-electron chi connectivity index (χ0n) is 9.02. The average molecular weight is 251 g/mol. The Labute approximate surface area is 104 Å². The molecule has 3 nitrogen and oxygen atoms in total. The number of carboxylic acids is 1. The second-order valence-corrected chi connectivity index (χ2v) is 4.81. The maximum absolute atomic E-state index is 11.2. The van der Waals surface area contributed by atoms with E-state index >= 15 is 0 Å². The summed E-state index contributed by atoms with van der Waals surface area (Å²) in [5.41, 5.74) is 1.10. The normalized spacial score (nSPS) is 25.0. The summed E-state index contributed by atoms with van der Waals surface area (Å²) in [6.07, 6.45) is 6.03. The number of hydrogen-bond donors (Lipinski definition) is 1. The number of benzene rings is 1. The Balaban J connectivity index is 2.15. The minimum Gasteiger partial charge on any atom is -0.485 e. The molecule has 0 spiro atoms. The molecule has 2 atom stereocenters. The third kappa shape index (κ3) is 1.62. The maximum Gasteiger partial charge on any atom is 0.339 e. The first-order valence-corrected chi connectivity index (χ1v) is 5.94. The van der Waals surface area contributed by atoms with Crippen LogP contribution in [-0.2, 0) is 0 Å². The molecule has 3 rings (SSSR count). The predicted molar refractivity (Wildman–Crippen MR) is 63.9 cm³/mol. The minimum absolute atomic E-state index is 0.0321. The van der Waals surface area contributed by atoms with Crippen LogP contribution in [0.25, 0.3) is 0 Å². The third-order valence-corrected chi connectivity index (χ3v) is 3.55. The zero-order valence-corrected chi connectivity index (χ0v) is 9.78. The standard InChI is InChI=1S/C13H11ClO3/c14-7-5-9-8-3-1-2-4-11(8)17-12(9)10(6-7)13(15)16/h2,4-6,8,11H,1,3H2,(H,15,16)/t8-,11-/m0/s1. The smallest absolute Gasteiger partial charge is 0.339 e. The molecular formula is C13H11ClO3. The first-order chi connectivity index (χ1) is 8.16. The molecule has 0 radical (unpaired) electrons. The van der Waals surface area contributed by atoms with Gasteiger partial charge in [-0.05, 0) is 31.1 Å². The van der Waals surface area contributed by atoms with Gasteiger partial charge in [0.05, 0.1) is 0 Å². The molecule has 1 aliphatic heterocycles. The van der Waals surface area contributed by atoms with Crippen molar-refractivity contribution >= 4 is 17.6 Å². The quantitative estimate of drug-likeness (QED) is 0.779. The topological polar surface area (TPSA) is 46.5 Å². The summed E-state index contributed by atoms with van der Waals surface area (Å²) in [6.45, 7) is 0. The highest BCUT2D eigenvalue weighted by atomic mass is 35.5. The molecule has 0 bridgehead atoms. The number of carbonyl (C=O) groups is 1.